The second-order valence-electron chi connectivity index (χ2n) is 6.21. The highest BCUT2D eigenvalue weighted by Gasteiger charge is 2.29. The number of hydrogen-bond donors (Lipinski definition) is 1. The lowest BCUT2D eigenvalue weighted by atomic mass is 10.1. The Labute approximate surface area is 146 Å². The van der Waals surface area contributed by atoms with Crippen LogP contribution < -0.4 is 5.32 Å². The summed E-state index contributed by atoms with van der Waals surface area (Å²) < 4.78 is 0. The molecule has 0 radical (unpaired) electrons. The van der Waals surface area contributed by atoms with Crippen molar-refractivity contribution in [1.29, 1.82) is 0 Å². The van der Waals surface area contributed by atoms with E-state index in [0.29, 0.717) is 19.4 Å². The molecule has 5 heteroatoms. The molecule has 1 aromatic carbocycles. The molecule has 1 aromatic heterocycles. The van der Waals surface area contributed by atoms with E-state index in [1.54, 1.807) is 11.3 Å². The van der Waals surface area contributed by atoms with Gasteiger partial charge in [-0.15, -0.1) is 0 Å². The van der Waals surface area contributed by atoms with Crippen molar-refractivity contribution in [3.8, 4) is 0 Å². The van der Waals surface area contributed by atoms with Gasteiger partial charge in [0.1, 0.15) is 0 Å². The molecule has 1 saturated heterocycles. The van der Waals surface area contributed by atoms with Gasteiger partial charge in [0.15, 0.2) is 0 Å². The summed E-state index contributed by atoms with van der Waals surface area (Å²) >= 11 is 1.59. The Kier molecular flexibility index (Phi) is 5.64. The molecule has 0 aliphatic carbocycles. The van der Waals surface area contributed by atoms with Gasteiger partial charge in [0, 0.05) is 19.5 Å². The highest BCUT2D eigenvalue weighted by Crippen LogP contribution is 2.14. The van der Waals surface area contributed by atoms with Gasteiger partial charge in [-0.3, -0.25) is 9.59 Å². The molecule has 2 heterocycles. The van der Waals surface area contributed by atoms with Gasteiger partial charge in [0.05, 0.1) is 12.5 Å². The molecule has 1 aliphatic heterocycles. The predicted octanol–water partition coefficient (Wildman–Crippen LogP) is 2.64. The molecule has 2 aromatic rings. The normalized spacial score (nSPS) is 17.2. The van der Waals surface area contributed by atoms with Crippen LogP contribution >= 0.6 is 11.3 Å². The molecule has 2 amide bonds. The molecular weight excluding hydrogens is 320 g/mol. The van der Waals surface area contributed by atoms with Crippen LogP contribution in [0.3, 0.4) is 0 Å². The van der Waals surface area contributed by atoms with Gasteiger partial charge in [-0.1, -0.05) is 30.3 Å². The largest absolute Gasteiger partial charge is 0.351 e. The summed E-state index contributed by atoms with van der Waals surface area (Å²) in [5.74, 6) is 0.140. The van der Waals surface area contributed by atoms with E-state index in [-0.39, 0.29) is 17.9 Å². The summed E-state index contributed by atoms with van der Waals surface area (Å²) in [5, 5.41) is 6.94. The fourth-order valence-corrected chi connectivity index (χ4v) is 3.73. The van der Waals surface area contributed by atoms with Crippen LogP contribution in [-0.4, -0.2) is 35.8 Å². The Morgan fingerprint density at radius 1 is 1.21 bits per heavy atom. The minimum Gasteiger partial charge on any atom is -0.351 e. The molecule has 0 saturated carbocycles. The van der Waals surface area contributed by atoms with E-state index < -0.39 is 0 Å². The van der Waals surface area contributed by atoms with Crippen molar-refractivity contribution >= 4 is 23.2 Å². The van der Waals surface area contributed by atoms with E-state index in [2.05, 4.69) is 17.4 Å². The van der Waals surface area contributed by atoms with Crippen LogP contribution in [0.2, 0.25) is 0 Å². The summed E-state index contributed by atoms with van der Waals surface area (Å²) in [5.41, 5.74) is 2.33. The standard InChI is InChI=1S/C19H22N2O2S/c22-18(11-16-8-10-24-14-16)20-17-12-19(23)21(13-17)9-4-7-15-5-2-1-3-6-15/h1-3,5-6,8,10,14,17H,4,7,9,11-13H2,(H,20,22). The molecule has 1 N–H and O–H groups in total. The lowest BCUT2D eigenvalue weighted by molar-refractivity contribution is -0.127. The third kappa shape index (κ3) is 4.68. The van der Waals surface area contributed by atoms with Crippen LogP contribution in [0.4, 0.5) is 0 Å². The maximum absolute atomic E-state index is 12.1. The lowest BCUT2D eigenvalue weighted by Gasteiger charge is -2.17. The smallest absolute Gasteiger partial charge is 0.224 e. The van der Waals surface area contributed by atoms with Gasteiger partial charge < -0.3 is 10.2 Å². The number of thiophene rings is 1. The minimum atomic E-state index is -0.0552. The Morgan fingerprint density at radius 3 is 2.79 bits per heavy atom. The number of aryl methyl sites for hydroxylation is 1. The van der Waals surface area contributed by atoms with Crippen LogP contribution in [-0.2, 0) is 22.4 Å². The molecule has 3 rings (SSSR count). The van der Waals surface area contributed by atoms with Crippen LogP contribution in [0, 0.1) is 0 Å². The average molecular weight is 342 g/mol. The summed E-state index contributed by atoms with van der Waals surface area (Å²) in [6.45, 7) is 1.38. The average Bonchev–Trinajstić information content (AvgIpc) is 3.18. The molecule has 24 heavy (non-hydrogen) atoms. The van der Waals surface area contributed by atoms with Crippen molar-refractivity contribution in [3.63, 3.8) is 0 Å². The van der Waals surface area contributed by atoms with Crippen LogP contribution in [0.5, 0.6) is 0 Å². The van der Waals surface area contributed by atoms with Gasteiger partial charge in [-0.05, 0) is 40.8 Å². The maximum Gasteiger partial charge on any atom is 0.224 e. The van der Waals surface area contributed by atoms with E-state index in [1.165, 1.54) is 5.56 Å². The number of carbonyl (C=O) groups excluding carboxylic acids is 2. The van der Waals surface area contributed by atoms with Crippen LogP contribution in [0.1, 0.15) is 24.0 Å². The molecular formula is C19H22N2O2S. The predicted molar refractivity (Wildman–Crippen MR) is 95.9 cm³/mol. The Balaban J connectivity index is 1.41. The second kappa shape index (κ2) is 8.11. The number of nitrogens with zero attached hydrogens (tertiary/aromatic N) is 1. The second-order valence-corrected chi connectivity index (χ2v) is 6.99. The Hall–Kier alpha value is -2.14. The van der Waals surface area contributed by atoms with Gasteiger partial charge in [-0.2, -0.15) is 11.3 Å². The van der Waals surface area contributed by atoms with Crippen molar-refractivity contribution in [3.05, 3.63) is 58.3 Å². The Morgan fingerprint density at radius 2 is 2.04 bits per heavy atom. The van der Waals surface area contributed by atoms with E-state index in [4.69, 9.17) is 0 Å². The summed E-state index contributed by atoms with van der Waals surface area (Å²) in [6.07, 6.45) is 2.73. The number of amides is 2. The zero-order valence-electron chi connectivity index (χ0n) is 13.6. The van der Waals surface area contributed by atoms with Gasteiger partial charge in [0.25, 0.3) is 0 Å². The van der Waals surface area contributed by atoms with E-state index in [1.807, 2.05) is 39.9 Å². The highest BCUT2D eigenvalue weighted by atomic mass is 32.1. The van der Waals surface area contributed by atoms with Crippen LogP contribution in [0.15, 0.2) is 47.2 Å². The van der Waals surface area contributed by atoms with Crippen LogP contribution in [0.25, 0.3) is 0 Å². The lowest BCUT2D eigenvalue weighted by Crippen LogP contribution is -2.38. The zero-order chi connectivity index (χ0) is 16.8. The maximum atomic E-state index is 12.1. The highest BCUT2D eigenvalue weighted by molar-refractivity contribution is 7.08. The number of hydrogen-bond acceptors (Lipinski definition) is 3. The first kappa shape index (κ1) is 16.7. The van der Waals surface area contributed by atoms with Gasteiger partial charge >= 0.3 is 0 Å². The number of benzene rings is 1. The van der Waals surface area contributed by atoms with E-state index >= 15 is 0 Å². The van der Waals surface area contributed by atoms with Crippen molar-refractivity contribution < 1.29 is 9.59 Å². The topological polar surface area (TPSA) is 49.4 Å². The molecule has 0 spiro atoms. The third-order valence-corrected chi connectivity index (χ3v) is 4.99. The molecule has 0 bridgehead atoms. The first-order chi connectivity index (χ1) is 11.7. The number of rotatable bonds is 7. The fourth-order valence-electron chi connectivity index (χ4n) is 3.06. The fraction of sp³-hybridized carbons (Fsp3) is 0.368. The molecule has 1 fully saturated rings. The van der Waals surface area contributed by atoms with E-state index in [0.717, 1.165) is 24.9 Å². The third-order valence-electron chi connectivity index (χ3n) is 4.26. The number of carbonyl (C=O) groups is 2. The van der Waals surface area contributed by atoms with Gasteiger partial charge in [0.2, 0.25) is 11.8 Å². The summed E-state index contributed by atoms with van der Waals surface area (Å²) in [4.78, 5) is 26.0. The van der Waals surface area contributed by atoms with Crippen molar-refractivity contribution in [1.82, 2.24) is 10.2 Å². The zero-order valence-corrected chi connectivity index (χ0v) is 14.4. The SMILES string of the molecule is O=C(Cc1ccsc1)NC1CC(=O)N(CCCc2ccccc2)C1. The number of nitrogens with one attached hydrogen (secondary N) is 1. The summed E-state index contributed by atoms with van der Waals surface area (Å²) in [6, 6.07) is 12.2. The first-order valence-corrected chi connectivity index (χ1v) is 9.27. The molecule has 126 valence electrons. The van der Waals surface area contributed by atoms with Crippen molar-refractivity contribution in [2.75, 3.05) is 13.1 Å². The van der Waals surface area contributed by atoms with Crippen molar-refractivity contribution in [2.45, 2.75) is 31.7 Å². The quantitative estimate of drug-likeness (QED) is 0.841. The monoisotopic (exact) mass is 342 g/mol. The number of likely N-dealkylation sites (tertiary alicyclic amines) is 1. The molecule has 1 unspecified atom stereocenters. The first-order valence-electron chi connectivity index (χ1n) is 8.33. The molecule has 4 nitrogen and oxygen atoms in total. The minimum absolute atomic E-state index is 0.00247. The Bertz CT molecular complexity index is 670. The van der Waals surface area contributed by atoms with E-state index in [9.17, 15) is 9.59 Å². The van der Waals surface area contributed by atoms with Gasteiger partial charge in [-0.25, -0.2) is 0 Å². The summed E-state index contributed by atoms with van der Waals surface area (Å²) in [7, 11) is 0. The molecule has 1 atom stereocenters. The van der Waals surface area contributed by atoms with Crippen molar-refractivity contribution in [2.24, 2.45) is 0 Å². The molecule has 1 aliphatic rings.